The minimum Gasteiger partial charge on any atom is -0.493 e. The van der Waals surface area contributed by atoms with Crippen molar-refractivity contribution in [2.75, 3.05) is 26.3 Å². The molecule has 1 saturated heterocycles. The zero-order valence-electron chi connectivity index (χ0n) is 13.9. The molecule has 1 amide bonds. The van der Waals surface area contributed by atoms with Gasteiger partial charge in [-0.15, -0.1) is 0 Å². The minimum atomic E-state index is -0.324. The zero-order valence-corrected chi connectivity index (χ0v) is 13.9. The van der Waals surface area contributed by atoms with Crippen LogP contribution in [0.2, 0.25) is 0 Å². The average Bonchev–Trinajstić information content (AvgIpc) is 3.11. The molecule has 0 aliphatic carbocycles. The van der Waals surface area contributed by atoms with E-state index in [-0.39, 0.29) is 18.3 Å². The lowest BCUT2D eigenvalue weighted by molar-refractivity contribution is -0.132. The van der Waals surface area contributed by atoms with Crippen LogP contribution in [0.25, 0.3) is 0 Å². The highest BCUT2D eigenvalue weighted by Crippen LogP contribution is 2.21. The third kappa shape index (κ3) is 5.17. The number of rotatable bonds is 7. The normalized spacial score (nSPS) is 16.7. The highest BCUT2D eigenvalue weighted by atomic mass is 19.1. The molecule has 0 spiro atoms. The number of hydrogen-bond acceptors (Lipinski definition) is 4. The van der Waals surface area contributed by atoms with Gasteiger partial charge in [0.1, 0.15) is 17.3 Å². The van der Waals surface area contributed by atoms with Crippen LogP contribution in [0.1, 0.15) is 12.8 Å². The van der Waals surface area contributed by atoms with E-state index in [0.29, 0.717) is 18.3 Å². The van der Waals surface area contributed by atoms with Gasteiger partial charge in [0.05, 0.1) is 6.61 Å². The van der Waals surface area contributed by atoms with Crippen molar-refractivity contribution in [3.05, 3.63) is 54.6 Å². The monoisotopic (exact) mass is 344 g/mol. The largest absolute Gasteiger partial charge is 0.493 e. The number of benzene rings is 1. The predicted octanol–water partition coefficient (Wildman–Crippen LogP) is 2.92. The molecule has 25 heavy (non-hydrogen) atoms. The second kappa shape index (κ2) is 8.46. The van der Waals surface area contributed by atoms with E-state index in [1.807, 2.05) is 17.0 Å². The first kappa shape index (κ1) is 17.2. The van der Waals surface area contributed by atoms with Crippen LogP contribution < -0.4 is 9.47 Å². The number of carbonyl (C=O) groups is 1. The Kier molecular flexibility index (Phi) is 5.82. The van der Waals surface area contributed by atoms with Gasteiger partial charge in [0.25, 0.3) is 5.91 Å². The van der Waals surface area contributed by atoms with Gasteiger partial charge in [0.15, 0.2) is 6.61 Å². The molecular weight excluding hydrogens is 323 g/mol. The van der Waals surface area contributed by atoms with Gasteiger partial charge in [-0.1, -0.05) is 0 Å². The Labute approximate surface area is 146 Å². The Bertz CT molecular complexity index is 679. The standard InChI is InChI=1S/C19H21FN2O3/c20-16-1-3-17(4-2-16)25-14-19(23)22-11-7-15(13-22)8-12-24-18-5-9-21-10-6-18/h1-6,9-10,15H,7-8,11-14H2. The van der Waals surface area contributed by atoms with Crippen LogP contribution in [0.15, 0.2) is 48.8 Å². The molecule has 132 valence electrons. The van der Waals surface area contributed by atoms with E-state index in [4.69, 9.17) is 9.47 Å². The maximum atomic E-state index is 12.8. The number of aromatic nitrogens is 1. The van der Waals surface area contributed by atoms with E-state index in [1.165, 1.54) is 24.3 Å². The van der Waals surface area contributed by atoms with Gasteiger partial charge in [-0.05, 0) is 55.2 Å². The molecule has 3 rings (SSSR count). The first-order chi connectivity index (χ1) is 12.2. The summed E-state index contributed by atoms with van der Waals surface area (Å²) in [5.41, 5.74) is 0. The highest BCUT2D eigenvalue weighted by molar-refractivity contribution is 5.78. The summed E-state index contributed by atoms with van der Waals surface area (Å²) in [4.78, 5) is 18.0. The fraction of sp³-hybridized carbons (Fsp3) is 0.368. The third-order valence-electron chi connectivity index (χ3n) is 4.26. The fourth-order valence-corrected chi connectivity index (χ4v) is 2.84. The lowest BCUT2D eigenvalue weighted by atomic mass is 10.1. The van der Waals surface area contributed by atoms with Crippen molar-refractivity contribution in [3.8, 4) is 11.5 Å². The van der Waals surface area contributed by atoms with E-state index in [0.717, 1.165) is 31.7 Å². The second-order valence-electron chi connectivity index (χ2n) is 6.06. The maximum absolute atomic E-state index is 12.8. The molecule has 5 nitrogen and oxygen atoms in total. The third-order valence-corrected chi connectivity index (χ3v) is 4.26. The molecular formula is C19H21FN2O3. The number of amides is 1. The number of carbonyl (C=O) groups excluding carboxylic acids is 1. The van der Waals surface area contributed by atoms with Gasteiger partial charge in [0.2, 0.25) is 0 Å². The summed E-state index contributed by atoms with van der Waals surface area (Å²) >= 11 is 0. The number of halogens is 1. The second-order valence-corrected chi connectivity index (χ2v) is 6.06. The molecule has 1 fully saturated rings. The average molecular weight is 344 g/mol. The number of ether oxygens (including phenoxy) is 2. The molecule has 6 heteroatoms. The molecule has 1 atom stereocenters. The SMILES string of the molecule is O=C(COc1ccc(F)cc1)N1CCC(CCOc2ccncc2)C1. The van der Waals surface area contributed by atoms with Gasteiger partial charge in [-0.25, -0.2) is 4.39 Å². The lowest BCUT2D eigenvalue weighted by Crippen LogP contribution is -2.33. The summed E-state index contributed by atoms with van der Waals surface area (Å²) in [6.07, 6.45) is 5.28. The van der Waals surface area contributed by atoms with Gasteiger partial charge < -0.3 is 14.4 Å². The number of pyridine rings is 1. The quantitative estimate of drug-likeness (QED) is 0.775. The van der Waals surface area contributed by atoms with Gasteiger partial charge in [0, 0.05) is 25.5 Å². The van der Waals surface area contributed by atoms with E-state index >= 15 is 0 Å². The summed E-state index contributed by atoms with van der Waals surface area (Å²) < 4.78 is 23.9. The molecule has 2 aromatic rings. The minimum absolute atomic E-state index is 0.0220. The van der Waals surface area contributed by atoms with E-state index in [9.17, 15) is 9.18 Å². The van der Waals surface area contributed by atoms with Crippen LogP contribution in [0.4, 0.5) is 4.39 Å². The fourth-order valence-electron chi connectivity index (χ4n) is 2.84. The molecule has 1 aliphatic rings. The van der Waals surface area contributed by atoms with Crippen molar-refractivity contribution in [2.24, 2.45) is 5.92 Å². The number of hydrogen-bond donors (Lipinski definition) is 0. The Morgan fingerprint density at radius 1 is 1.12 bits per heavy atom. The zero-order chi connectivity index (χ0) is 17.5. The Morgan fingerprint density at radius 3 is 2.60 bits per heavy atom. The van der Waals surface area contributed by atoms with Crippen molar-refractivity contribution in [1.29, 1.82) is 0 Å². The van der Waals surface area contributed by atoms with Crippen molar-refractivity contribution in [2.45, 2.75) is 12.8 Å². The van der Waals surface area contributed by atoms with Crippen LogP contribution in [0, 0.1) is 11.7 Å². The molecule has 0 bridgehead atoms. The molecule has 1 aromatic heterocycles. The summed E-state index contributed by atoms with van der Waals surface area (Å²) in [5.74, 6) is 1.39. The Morgan fingerprint density at radius 2 is 1.84 bits per heavy atom. The molecule has 0 saturated carbocycles. The summed E-state index contributed by atoms with van der Waals surface area (Å²) in [6, 6.07) is 9.33. The molecule has 1 aromatic carbocycles. The molecule has 1 unspecified atom stereocenters. The van der Waals surface area contributed by atoms with Crippen LogP contribution in [-0.2, 0) is 4.79 Å². The van der Waals surface area contributed by atoms with Crippen LogP contribution in [-0.4, -0.2) is 42.1 Å². The smallest absolute Gasteiger partial charge is 0.260 e. The van der Waals surface area contributed by atoms with Crippen molar-refractivity contribution >= 4 is 5.91 Å². The summed E-state index contributed by atoms with van der Waals surface area (Å²) in [6.45, 7) is 2.07. The van der Waals surface area contributed by atoms with Gasteiger partial charge >= 0.3 is 0 Å². The molecule has 1 aliphatic heterocycles. The van der Waals surface area contributed by atoms with E-state index in [2.05, 4.69) is 4.98 Å². The van der Waals surface area contributed by atoms with E-state index in [1.54, 1.807) is 12.4 Å². The molecule has 0 N–H and O–H groups in total. The van der Waals surface area contributed by atoms with Crippen molar-refractivity contribution in [1.82, 2.24) is 9.88 Å². The van der Waals surface area contributed by atoms with E-state index < -0.39 is 0 Å². The van der Waals surface area contributed by atoms with Gasteiger partial charge in [-0.3, -0.25) is 9.78 Å². The van der Waals surface area contributed by atoms with Crippen molar-refractivity contribution < 1.29 is 18.7 Å². The maximum Gasteiger partial charge on any atom is 0.260 e. The number of nitrogens with zero attached hydrogens (tertiary/aromatic N) is 2. The predicted molar refractivity (Wildman–Crippen MR) is 90.9 cm³/mol. The first-order valence-electron chi connectivity index (χ1n) is 8.39. The van der Waals surface area contributed by atoms with Gasteiger partial charge in [-0.2, -0.15) is 0 Å². The Balaban J connectivity index is 1.36. The highest BCUT2D eigenvalue weighted by Gasteiger charge is 2.26. The summed E-state index contributed by atoms with van der Waals surface area (Å²) in [5, 5.41) is 0. The summed E-state index contributed by atoms with van der Waals surface area (Å²) in [7, 11) is 0. The molecule has 0 radical (unpaired) electrons. The first-order valence-corrected chi connectivity index (χ1v) is 8.39. The van der Waals surface area contributed by atoms with Crippen LogP contribution in [0.5, 0.6) is 11.5 Å². The molecule has 2 heterocycles. The number of likely N-dealkylation sites (tertiary alicyclic amines) is 1. The topological polar surface area (TPSA) is 51.7 Å². The van der Waals surface area contributed by atoms with Crippen LogP contribution >= 0.6 is 0 Å². The van der Waals surface area contributed by atoms with Crippen molar-refractivity contribution in [3.63, 3.8) is 0 Å². The van der Waals surface area contributed by atoms with Crippen LogP contribution in [0.3, 0.4) is 0 Å². The lowest BCUT2D eigenvalue weighted by Gasteiger charge is -2.17. The Hall–Kier alpha value is -2.63.